The number of thiophene rings is 1. The van der Waals surface area contributed by atoms with Crippen molar-refractivity contribution in [2.75, 3.05) is 6.54 Å². The SMILES string of the molecule is NC(CNC(=O)c1ccccc1C(=O)c1cccs1)C1CC1. The van der Waals surface area contributed by atoms with E-state index in [-0.39, 0.29) is 17.7 Å². The molecule has 3 rings (SSSR count). The molecular formula is C17H18N2O2S. The first-order valence-corrected chi connectivity index (χ1v) is 8.26. The fourth-order valence-corrected chi connectivity index (χ4v) is 3.09. The van der Waals surface area contributed by atoms with Crippen molar-refractivity contribution in [1.82, 2.24) is 5.32 Å². The van der Waals surface area contributed by atoms with E-state index < -0.39 is 0 Å². The average Bonchev–Trinajstić information content (AvgIpc) is 3.26. The topological polar surface area (TPSA) is 72.2 Å². The van der Waals surface area contributed by atoms with Crippen molar-refractivity contribution in [3.05, 3.63) is 57.8 Å². The van der Waals surface area contributed by atoms with Gasteiger partial charge in [-0.1, -0.05) is 24.3 Å². The Kier molecular flexibility index (Phi) is 4.36. The number of hydrogen-bond acceptors (Lipinski definition) is 4. The largest absolute Gasteiger partial charge is 0.350 e. The quantitative estimate of drug-likeness (QED) is 0.804. The van der Waals surface area contributed by atoms with E-state index in [0.717, 1.165) is 12.8 Å². The molecular weight excluding hydrogens is 296 g/mol. The first kappa shape index (κ1) is 14.9. The molecule has 1 aromatic carbocycles. The highest BCUT2D eigenvalue weighted by Gasteiger charge is 2.28. The van der Waals surface area contributed by atoms with Gasteiger partial charge in [0.25, 0.3) is 5.91 Å². The van der Waals surface area contributed by atoms with Gasteiger partial charge >= 0.3 is 0 Å². The van der Waals surface area contributed by atoms with Crippen LogP contribution in [0.1, 0.15) is 38.4 Å². The minimum atomic E-state index is -0.239. The van der Waals surface area contributed by atoms with E-state index in [4.69, 9.17) is 5.73 Å². The summed E-state index contributed by atoms with van der Waals surface area (Å²) in [5.74, 6) is 0.173. The zero-order valence-electron chi connectivity index (χ0n) is 12.1. The van der Waals surface area contributed by atoms with Crippen molar-refractivity contribution in [2.24, 2.45) is 11.7 Å². The van der Waals surface area contributed by atoms with Gasteiger partial charge in [-0.2, -0.15) is 0 Å². The zero-order valence-corrected chi connectivity index (χ0v) is 12.9. The summed E-state index contributed by atoms with van der Waals surface area (Å²) in [7, 11) is 0. The molecule has 0 spiro atoms. The van der Waals surface area contributed by atoms with Gasteiger partial charge in [0.05, 0.1) is 10.4 Å². The maximum atomic E-state index is 12.5. The molecule has 2 aromatic rings. The van der Waals surface area contributed by atoms with Crippen molar-refractivity contribution in [2.45, 2.75) is 18.9 Å². The van der Waals surface area contributed by atoms with Gasteiger partial charge in [0.2, 0.25) is 5.78 Å². The maximum Gasteiger partial charge on any atom is 0.252 e. The third-order valence-corrected chi connectivity index (χ3v) is 4.76. The summed E-state index contributed by atoms with van der Waals surface area (Å²) in [5.41, 5.74) is 6.84. The Morgan fingerprint density at radius 3 is 2.55 bits per heavy atom. The Morgan fingerprint density at radius 1 is 1.18 bits per heavy atom. The molecule has 0 aliphatic heterocycles. The van der Waals surface area contributed by atoms with E-state index in [2.05, 4.69) is 5.32 Å². The van der Waals surface area contributed by atoms with Gasteiger partial charge in [0.1, 0.15) is 0 Å². The second kappa shape index (κ2) is 6.42. The summed E-state index contributed by atoms with van der Waals surface area (Å²) >= 11 is 1.38. The lowest BCUT2D eigenvalue weighted by Gasteiger charge is -2.13. The smallest absolute Gasteiger partial charge is 0.252 e. The molecule has 1 saturated carbocycles. The lowest BCUT2D eigenvalue weighted by Crippen LogP contribution is -2.39. The molecule has 5 heteroatoms. The van der Waals surface area contributed by atoms with E-state index in [1.807, 2.05) is 11.4 Å². The molecule has 3 N–H and O–H groups in total. The average molecular weight is 314 g/mol. The van der Waals surface area contributed by atoms with Crippen molar-refractivity contribution < 1.29 is 9.59 Å². The first-order chi connectivity index (χ1) is 10.7. The molecule has 1 aromatic heterocycles. The number of carbonyl (C=O) groups is 2. The number of amides is 1. The van der Waals surface area contributed by atoms with Crippen LogP contribution in [0, 0.1) is 5.92 Å². The second-order valence-corrected chi connectivity index (χ2v) is 6.51. The Balaban J connectivity index is 1.75. The van der Waals surface area contributed by atoms with Gasteiger partial charge in [-0.15, -0.1) is 11.3 Å². The summed E-state index contributed by atoms with van der Waals surface area (Å²) in [6, 6.07) is 10.5. The molecule has 1 atom stereocenters. The monoisotopic (exact) mass is 314 g/mol. The van der Waals surface area contributed by atoms with Crippen LogP contribution in [0.15, 0.2) is 41.8 Å². The normalized spacial score (nSPS) is 15.3. The van der Waals surface area contributed by atoms with Crippen LogP contribution in [-0.2, 0) is 0 Å². The predicted octanol–water partition coefficient (Wildman–Crippen LogP) is 2.45. The number of ketones is 1. The van der Waals surface area contributed by atoms with Gasteiger partial charge in [0, 0.05) is 18.2 Å². The fraction of sp³-hybridized carbons (Fsp3) is 0.294. The van der Waals surface area contributed by atoms with Gasteiger partial charge < -0.3 is 11.1 Å². The third kappa shape index (κ3) is 3.26. The lowest BCUT2D eigenvalue weighted by atomic mass is 10.0. The van der Waals surface area contributed by atoms with Crippen LogP contribution >= 0.6 is 11.3 Å². The number of rotatable bonds is 6. The van der Waals surface area contributed by atoms with Gasteiger partial charge in [-0.05, 0) is 36.3 Å². The Morgan fingerprint density at radius 2 is 1.91 bits per heavy atom. The molecule has 1 aliphatic carbocycles. The standard InChI is InChI=1S/C17H18N2O2S/c18-14(11-7-8-11)10-19-17(21)13-5-2-1-4-12(13)16(20)15-6-3-9-22-15/h1-6,9,11,14H,7-8,10,18H2,(H,19,21). The van der Waals surface area contributed by atoms with Crippen molar-refractivity contribution in [3.63, 3.8) is 0 Å². The van der Waals surface area contributed by atoms with Crippen LogP contribution in [0.25, 0.3) is 0 Å². The summed E-state index contributed by atoms with van der Waals surface area (Å²) in [6.45, 7) is 0.449. The van der Waals surface area contributed by atoms with Crippen molar-refractivity contribution in [3.8, 4) is 0 Å². The van der Waals surface area contributed by atoms with E-state index >= 15 is 0 Å². The van der Waals surface area contributed by atoms with Crippen LogP contribution < -0.4 is 11.1 Å². The molecule has 0 bridgehead atoms. The number of nitrogens with one attached hydrogen (secondary N) is 1. The molecule has 22 heavy (non-hydrogen) atoms. The van der Waals surface area contributed by atoms with E-state index in [0.29, 0.717) is 28.5 Å². The summed E-state index contributed by atoms with van der Waals surface area (Å²) < 4.78 is 0. The number of benzene rings is 1. The van der Waals surface area contributed by atoms with Crippen molar-refractivity contribution >= 4 is 23.0 Å². The lowest BCUT2D eigenvalue weighted by molar-refractivity contribution is 0.0939. The summed E-state index contributed by atoms with van der Waals surface area (Å²) in [4.78, 5) is 25.5. The first-order valence-electron chi connectivity index (χ1n) is 7.38. The van der Waals surface area contributed by atoms with Gasteiger partial charge in [0.15, 0.2) is 0 Å². The molecule has 0 radical (unpaired) electrons. The molecule has 1 unspecified atom stereocenters. The molecule has 1 aliphatic rings. The van der Waals surface area contributed by atoms with Crippen LogP contribution in [0.2, 0.25) is 0 Å². The molecule has 0 saturated heterocycles. The van der Waals surface area contributed by atoms with Crippen molar-refractivity contribution in [1.29, 1.82) is 0 Å². The molecule has 1 heterocycles. The van der Waals surface area contributed by atoms with Crippen LogP contribution in [0.5, 0.6) is 0 Å². The van der Waals surface area contributed by atoms with Gasteiger partial charge in [-0.3, -0.25) is 9.59 Å². The van der Waals surface area contributed by atoms with Crippen LogP contribution in [-0.4, -0.2) is 24.3 Å². The predicted molar refractivity (Wildman–Crippen MR) is 87.2 cm³/mol. The molecule has 114 valence electrons. The minimum Gasteiger partial charge on any atom is -0.350 e. The molecule has 4 nitrogen and oxygen atoms in total. The zero-order chi connectivity index (χ0) is 15.5. The third-order valence-electron chi connectivity index (χ3n) is 3.89. The van der Waals surface area contributed by atoms with Gasteiger partial charge in [-0.25, -0.2) is 0 Å². The highest BCUT2D eigenvalue weighted by Crippen LogP contribution is 2.31. The number of nitrogens with two attached hydrogens (primary N) is 1. The van der Waals surface area contributed by atoms with E-state index in [9.17, 15) is 9.59 Å². The number of carbonyl (C=O) groups excluding carboxylic acids is 2. The second-order valence-electron chi connectivity index (χ2n) is 5.56. The maximum absolute atomic E-state index is 12.5. The van der Waals surface area contributed by atoms with Crippen LogP contribution in [0.4, 0.5) is 0 Å². The summed E-state index contributed by atoms with van der Waals surface area (Å²) in [6.07, 6.45) is 2.29. The summed E-state index contributed by atoms with van der Waals surface area (Å²) in [5, 5.41) is 4.70. The fourth-order valence-electron chi connectivity index (χ4n) is 2.42. The van der Waals surface area contributed by atoms with E-state index in [1.54, 1.807) is 30.3 Å². The highest BCUT2D eigenvalue weighted by molar-refractivity contribution is 7.12. The van der Waals surface area contributed by atoms with Crippen LogP contribution in [0.3, 0.4) is 0 Å². The molecule has 1 amide bonds. The number of hydrogen-bond donors (Lipinski definition) is 2. The highest BCUT2D eigenvalue weighted by atomic mass is 32.1. The van der Waals surface area contributed by atoms with E-state index in [1.165, 1.54) is 11.3 Å². The Hall–Kier alpha value is -1.98. The minimum absolute atomic E-state index is 0.00381. The molecule has 1 fully saturated rings. The Bertz CT molecular complexity index is 678. The Labute approximate surface area is 133 Å².